The first-order chi connectivity index (χ1) is 11.6. The molecule has 6 heteroatoms. The van der Waals surface area contributed by atoms with Crippen LogP contribution in [-0.4, -0.2) is 36.8 Å². The van der Waals surface area contributed by atoms with Crippen molar-refractivity contribution in [2.45, 2.75) is 18.9 Å². The molecule has 128 valence electrons. The van der Waals surface area contributed by atoms with E-state index in [4.69, 9.17) is 9.47 Å². The summed E-state index contributed by atoms with van der Waals surface area (Å²) in [5, 5.41) is 13.1. The highest BCUT2D eigenvalue weighted by Gasteiger charge is 2.15. The van der Waals surface area contributed by atoms with Gasteiger partial charge in [-0.15, -0.1) is 0 Å². The van der Waals surface area contributed by atoms with Crippen LogP contribution in [0.15, 0.2) is 42.7 Å². The number of aliphatic hydroxyl groups excluding tert-OH is 1. The van der Waals surface area contributed by atoms with Gasteiger partial charge in [0.2, 0.25) is 5.91 Å². The summed E-state index contributed by atoms with van der Waals surface area (Å²) in [5.41, 5.74) is 1.63. The lowest BCUT2D eigenvalue weighted by atomic mass is 10.1. The van der Waals surface area contributed by atoms with Gasteiger partial charge in [0.1, 0.15) is 11.5 Å². The second kappa shape index (κ2) is 8.88. The van der Waals surface area contributed by atoms with Crippen molar-refractivity contribution in [2.75, 3.05) is 20.8 Å². The predicted molar refractivity (Wildman–Crippen MR) is 90.1 cm³/mol. The van der Waals surface area contributed by atoms with Gasteiger partial charge in [0.25, 0.3) is 0 Å². The molecule has 2 N–H and O–H groups in total. The minimum atomic E-state index is -0.875. The summed E-state index contributed by atoms with van der Waals surface area (Å²) in [6.45, 7) is 0.110. The highest BCUT2D eigenvalue weighted by atomic mass is 16.5. The van der Waals surface area contributed by atoms with Crippen LogP contribution in [0.4, 0.5) is 0 Å². The van der Waals surface area contributed by atoms with Gasteiger partial charge in [-0.05, 0) is 42.3 Å². The fourth-order valence-corrected chi connectivity index (χ4v) is 2.32. The van der Waals surface area contributed by atoms with Crippen molar-refractivity contribution < 1.29 is 19.4 Å². The van der Waals surface area contributed by atoms with Crippen molar-refractivity contribution in [2.24, 2.45) is 0 Å². The van der Waals surface area contributed by atoms with Crippen LogP contribution in [0.1, 0.15) is 23.7 Å². The van der Waals surface area contributed by atoms with Crippen molar-refractivity contribution in [1.29, 1.82) is 0 Å². The van der Waals surface area contributed by atoms with E-state index in [9.17, 15) is 9.90 Å². The number of rotatable bonds is 8. The first kappa shape index (κ1) is 17.7. The number of benzene rings is 1. The van der Waals surface area contributed by atoms with Gasteiger partial charge < -0.3 is 19.9 Å². The van der Waals surface area contributed by atoms with Crippen LogP contribution in [0.25, 0.3) is 0 Å². The molecule has 1 aromatic carbocycles. The van der Waals surface area contributed by atoms with Gasteiger partial charge in [0, 0.05) is 30.9 Å². The maximum Gasteiger partial charge on any atom is 0.220 e. The molecule has 1 unspecified atom stereocenters. The first-order valence-corrected chi connectivity index (χ1v) is 7.69. The van der Waals surface area contributed by atoms with E-state index in [1.807, 2.05) is 12.1 Å². The fraction of sp³-hybridized carbons (Fsp3) is 0.333. The zero-order valence-electron chi connectivity index (χ0n) is 13.9. The normalized spacial score (nSPS) is 11.6. The Hall–Kier alpha value is -2.60. The van der Waals surface area contributed by atoms with Crippen molar-refractivity contribution in [3.8, 4) is 11.5 Å². The number of aliphatic hydroxyl groups is 1. The number of aryl methyl sites for hydroxylation is 1. The van der Waals surface area contributed by atoms with Crippen LogP contribution in [0.3, 0.4) is 0 Å². The monoisotopic (exact) mass is 330 g/mol. The van der Waals surface area contributed by atoms with Gasteiger partial charge >= 0.3 is 0 Å². The second-order valence-corrected chi connectivity index (χ2v) is 5.28. The van der Waals surface area contributed by atoms with Crippen molar-refractivity contribution >= 4 is 5.91 Å². The SMILES string of the molecule is COc1ccc(OC)c(C(O)CNC(=O)CCc2ccncc2)c1. The molecule has 2 rings (SSSR count). The minimum absolute atomic E-state index is 0.110. The molecule has 0 fully saturated rings. The molecule has 0 aliphatic heterocycles. The van der Waals surface area contributed by atoms with Crippen LogP contribution in [0.5, 0.6) is 11.5 Å². The molecule has 2 aromatic rings. The topological polar surface area (TPSA) is 80.7 Å². The molecule has 0 radical (unpaired) electrons. The van der Waals surface area contributed by atoms with E-state index >= 15 is 0 Å². The van der Waals surface area contributed by atoms with E-state index in [0.717, 1.165) is 5.56 Å². The lowest BCUT2D eigenvalue weighted by molar-refractivity contribution is -0.121. The molecule has 1 atom stereocenters. The number of hydrogen-bond donors (Lipinski definition) is 2. The first-order valence-electron chi connectivity index (χ1n) is 7.69. The molecular weight excluding hydrogens is 308 g/mol. The number of aromatic nitrogens is 1. The molecular formula is C18H22N2O4. The standard InChI is InChI=1S/C18H22N2O4/c1-23-14-4-5-17(24-2)15(11-14)16(21)12-20-18(22)6-3-13-7-9-19-10-8-13/h4-5,7-11,16,21H,3,6,12H2,1-2H3,(H,20,22). The number of nitrogens with one attached hydrogen (secondary N) is 1. The van der Waals surface area contributed by atoms with Gasteiger partial charge in [-0.1, -0.05) is 0 Å². The third-order valence-corrected chi connectivity index (χ3v) is 3.68. The maximum absolute atomic E-state index is 11.9. The Bertz CT molecular complexity index is 661. The summed E-state index contributed by atoms with van der Waals surface area (Å²) in [7, 11) is 3.09. The van der Waals surface area contributed by atoms with Crippen LogP contribution in [0.2, 0.25) is 0 Å². The molecule has 0 saturated heterocycles. The average molecular weight is 330 g/mol. The molecule has 0 saturated carbocycles. The van der Waals surface area contributed by atoms with E-state index in [-0.39, 0.29) is 12.5 Å². The molecule has 0 bridgehead atoms. The maximum atomic E-state index is 11.9. The molecule has 24 heavy (non-hydrogen) atoms. The molecule has 0 aliphatic rings. The van der Waals surface area contributed by atoms with Crippen LogP contribution in [-0.2, 0) is 11.2 Å². The van der Waals surface area contributed by atoms with Gasteiger partial charge in [0.15, 0.2) is 0 Å². The van der Waals surface area contributed by atoms with Gasteiger partial charge in [-0.25, -0.2) is 0 Å². The van der Waals surface area contributed by atoms with E-state index in [2.05, 4.69) is 10.3 Å². The summed E-state index contributed by atoms with van der Waals surface area (Å²) in [6.07, 6.45) is 3.51. The summed E-state index contributed by atoms with van der Waals surface area (Å²) in [5.74, 6) is 1.05. The number of nitrogens with zero attached hydrogens (tertiary/aromatic N) is 1. The molecule has 1 aromatic heterocycles. The Kier molecular flexibility index (Phi) is 6.57. The Morgan fingerprint density at radius 3 is 2.62 bits per heavy atom. The summed E-state index contributed by atoms with van der Waals surface area (Å²) >= 11 is 0. The molecule has 1 amide bonds. The zero-order chi connectivity index (χ0) is 17.4. The lowest BCUT2D eigenvalue weighted by Gasteiger charge is -2.16. The van der Waals surface area contributed by atoms with E-state index in [0.29, 0.717) is 29.9 Å². The molecule has 6 nitrogen and oxygen atoms in total. The summed E-state index contributed by atoms with van der Waals surface area (Å²) < 4.78 is 10.4. The highest BCUT2D eigenvalue weighted by Crippen LogP contribution is 2.29. The minimum Gasteiger partial charge on any atom is -0.497 e. The number of amides is 1. The lowest BCUT2D eigenvalue weighted by Crippen LogP contribution is -2.28. The van der Waals surface area contributed by atoms with Gasteiger partial charge in [0.05, 0.1) is 20.3 Å². The second-order valence-electron chi connectivity index (χ2n) is 5.28. The summed E-state index contributed by atoms with van der Waals surface area (Å²) in [6, 6.07) is 8.93. The number of pyridine rings is 1. The van der Waals surface area contributed by atoms with Crippen LogP contribution in [0, 0.1) is 0 Å². The Morgan fingerprint density at radius 2 is 1.96 bits per heavy atom. The molecule has 0 aliphatic carbocycles. The number of carbonyl (C=O) groups excluding carboxylic acids is 1. The quantitative estimate of drug-likeness (QED) is 0.772. The van der Waals surface area contributed by atoms with Crippen molar-refractivity contribution in [1.82, 2.24) is 10.3 Å². The van der Waals surface area contributed by atoms with E-state index in [1.165, 1.54) is 7.11 Å². The number of ether oxygens (including phenoxy) is 2. The largest absolute Gasteiger partial charge is 0.497 e. The van der Waals surface area contributed by atoms with Gasteiger partial charge in [-0.3, -0.25) is 9.78 Å². The number of hydrogen-bond acceptors (Lipinski definition) is 5. The fourth-order valence-electron chi connectivity index (χ4n) is 2.32. The third-order valence-electron chi connectivity index (χ3n) is 3.68. The number of methoxy groups -OCH3 is 2. The van der Waals surface area contributed by atoms with Crippen LogP contribution < -0.4 is 14.8 Å². The zero-order valence-corrected chi connectivity index (χ0v) is 13.9. The van der Waals surface area contributed by atoms with E-state index < -0.39 is 6.10 Å². The molecule has 0 spiro atoms. The third kappa shape index (κ3) is 4.96. The van der Waals surface area contributed by atoms with Gasteiger partial charge in [-0.2, -0.15) is 0 Å². The predicted octanol–water partition coefficient (Wildman–Crippen LogP) is 1.88. The smallest absolute Gasteiger partial charge is 0.220 e. The Labute approximate surface area is 141 Å². The highest BCUT2D eigenvalue weighted by molar-refractivity contribution is 5.76. The number of carbonyl (C=O) groups is 1. The van der Waals surface area contributed by atoms with Crippen LogP contribution >= 0.6 is 0 Å². The Balaban J connectivity index is 1.88. The van der Waals surface area contributed by atoms with Crippen molar-refractivity contribution in [3.05, 3.63) is 53.9 Å². The molecule has 1 heterocycles. The van der Waals surface area contributed by atoms with Crippen molar-refractivity contribution in [3.63, 3.8) is 0 Å². The summed E-state index contributed by atoms with van der Waals surface area (Å²) in [4.78, 5) is 15.9. The average Bonchev–Trinajstić information content (AvgIpc) is 2.64. The Morgan fingerprint density at radius 1 is 1.21 bits per heavy atom. The van der Waals surface area contributed by atoms with E-state index in [1.54, 1.807) is 37.7 Å².